The molecule has 6 nitrogen and oxygen atoms in total. The number of nitrogens with zero attached hydrogens (tertiary/aromatic N) is 5. The monoisotopic (exact) mass is 438 g/mol. The Hall–Kier alpha value is -2.77. The second-order valence-electron chi connectivity index (χ2n) is 7.11. The van der Waals surface area contributed by atoms with Crippen LogP contribution in [0.15, 0.2) is 47.3 Å². The third-order valence-electron chi connectivity index (χ3n) is 4.96. The second kappa shape index (κ2) is 9.82. The lowest BCUT2D eigenvalue weighted by molar-refractivity contribution is 0.675. The highest BCUT2D eigenvalue weighted by atomic mass is 35.5. The molecule has 30 heavy (non-hydrogen) atoms. The molecule has 1 aromatic carbocycles. The molecule has 0 fully saturated rings. The van der Waals surface area contributed by atoms with E-state index < -0.39 is 0 Å². The Morgan fingerprint density at radius 3 is 2.90 bits per heavy atom. The molecule has 3 heterocycles. The Morgan fingerprint density at radius 1 is 1.27 bits per heavy atom. The largest absolute Gasteiger partial charge is 0.324 e. The molecule has 1 N–H and O–H groups in total. The Morgan fingerprint density at radius 2 is 2.17 bits per heavy atom. The van der Waals surface area contributed by atoms with Crippen LogP contribution in [0.1, 0.15) is 48.2 Å². The van der Waals surface area contributed by atoms with Crippen molar-refractivity contribution in [3.63, 3.8) is 0 Å². The number of halogens is 1. The summed E-state index contributed by atoms with van der Waals surface area (Å²) in [4.78, 5) is 4.73. The highest BCUT2D eigenvalue weighted by Crippen LogP contribution is 2.24. The predicted octanol–water partition coefficient (Wildman–Crippen LogP) is 5.29. The number of thiophene rings is 1. The summed E-state index contributed by atoms with van der Waals surface area (Å²) < 4.78 is 2.24. The highest BCUT2D eigenvalue weighted by Gasteiger charge is 2.14. The summed E-state index contributed by atoms with van der Waals surface area (Å²) in [6, 6.07) is 10.1. The highest BCUT2D eigenvalue weighted by molar-refractivity contribution is 7.07. The first-order chi connectivity index (χ1) is 14.7. The number of hydrogen-bond acceptors (Lipinski definition) is 5. The Kier molecular flexibility index (Phi) is 6.71. The summed E-state index contributed by atoms with van der Waals surface area (Å²) in [7, 11) is 0. The van der Waals surface area contributed by atoms with Gasteiger partial charge >= 0.3 is 0 Å². The summed E-state index contributed by atoms with van der Waals surface area (Å²) in [6.45, 7) is 2.86. The molecule has 0 unspecified atom stereocenters. The average molecular weight is 439 g/mol. The van der Waals surface area contributed by atoms with Crippen molar-refractivity contribution in [2.75, 3.05) is 0 Å². The van der Waals surface area contributed by atoms with Crippen LogP contribution in [0.2, 0.25) is 5.02 Å². The molecule has 0 atom stereocenters. The molecular weight excluding hydrogens is 416 g/mol. The molecule has 0 radical (unpaired) electrons. The lowest BCUT2D eigenvalue weighted by Gasteiger charge is -2.13. The van der Waals surface area contributed by atoms with Crippen LogP contribution < -0.4 is 0 Å². The minimum atomic E-state index is 0.668. The number of aromatic amines is 1. The maximum atomic E-state index is 6.45. The first kappa shape index (κ1) is 20.5. The fraction of sp³-hybridized carbons (Fsp3) is 0.273. The van der Waals surface area contributed by atoms with Crippen LogP contribution in [0.25, 0.3) is 11.6 Å². The van der Waals surface area contributed by atoms with Gasteiger partial charge in [-0.3, -0.25) is 0 Å². The standard InChI is InChI=1S/C22H23ClN6S/c1-2-3-8-21-24-13-19(29(21)14-17-6-4-5-7-20(17)23)12-18(22-25-27-28-26-22)11-16-9-10-30-15-16/h4-7,9-10,12-13,15H,2-3,8,11,14H2,1H3,(H,25,26,27,28)/b18-12-. The molecule has 4 rings (SSSR count). The van der Waals surface area contributed by atoms with Gasteiger partial charge in [0.15, 0.2) is 5.82 Å². The maximum Gasteiger partial charge on any atom is 0.175 e. The van der Waals surface area contributed by atoms with Crippen molar-refractivity contribution in [1.82, 2.24) is 30.2 Å². The molecule has 0 aliphatic heterocycles. The van der Waals surface area contributed by atoms with E-state index in [1.165, 1.54) is 5.56 Å². The van der Waals surface area contributed by atoms with Crippen LogP contribution >= 0.6 is 22.9 Å². The van der Waals surface area contributed by atoms with Gasteiger partial charge in [0.2, 0.25) is 0 Å². The van der Waals surface area contributed by atoms with Crippen molar-refractivity contribution in [3.05, 3.63) is 80.8 Å². The summed E-state index contributed by atoms with van der Waals surface area (Å²) >= 11 is 8.14. The first-order valence-corrected chi connectivity index (χ1v) is 11.3. The van der Waals surface area contributed by atoms with Gasteiger partial charge in [0, 0.05) is 23.4 Å². The number of aromatic nitrogens is 6. The van der Waals surface area contributed by atoms with E-state index >= 15 is 0 Å². The Labute approximate surface area is 184 Å². The number of hydrogen-bond donors (Lipinski definition) is 1. The van der Waals surface area contributed by atoms with E-state index in [-0.39, 0.29) is 0 Å². The molecule has 0 aliphatic carbocycles. The maximum absolute atomic E-state index is 6.45. The number of imidazole rings is 1. The third-order valence-corrected chi connectivity index (χ3v) is 6.06. The molecule has 0 amide bonds. The van der Waals surface area contributed by atoms with Gasteiger partial charge in [0.1, 0.15) is 5.82 Å². The van der Waals surface area contributed by atoms with Gasteiger partial charge in [-0.25, -0.2) is 10.1 Å². The molecule has 0 aliphatic rings. The molecule has 4 aromatic rings. The number of benzene rings is 1. The van der Waals surface area contributed by atoms with Crippen molar-refractivity contribution < 1.29 is 0 Å². The third kappa shape index (κ3) is 4.86. The fourth-order valence-corrected chi connectivity index (χ4v) is 4.21. The van der Waals surface area contributed by atoms with E-state index in [0.29, 0.717) is 12.4 Å². The topological polar surface area (TPSA) is 72.3 Å². The molecule has 0 spiro atoms. The molecular formula is C22H23ClN6S. The smallest absolute Gasteiger partial charge is 0.175 e. The zero-order chi connectivity index (χ0) is 20.8. The number of tetrazole rings is 1. The van der Waals surface area contributed by atoms with E-state index in [2.05, 4.69) is 61.1 Å². The number of H-pyrrole nitrogens is 1. The summed E-state index contributed by atoms with van der Waals surface area (Å²) in [5, 5.41) is 19.6. The van der Waals surface area contributed by atoms with E-state index in [9.17, 15) is 0 Å². The lowest BCUT2D eigenvalue weighted by atomic mass is 10.1. The normalized spacial score (nSPS) is 11.9. The van der Waals surface area contributed by atoms with Gasteiger partial charge in [-0.1, -0.05) is 43.1 Å². The number of rotatable bonds is 9. The van der Waals surface area contributed by atoms with Crippen LogP contribution in [-0.2, 0) is 19.4 Å². The van der Waals surface area contributed by atoms with Crippen LogP contribution in [-0.4, -0.2) is 30.2 Å². The van der Waals surface area contributed by atoms with Gasteiger partial charge in [0.25, 0.3) is 0 Å². The molecule has 3 aromatic heterocycles. The molecule has 8 heteroatoms. The minimum absolute atomic E-state index is 0.668. The van der Waals surface area contributed by atoms with E-state index in [1.54, 1.807) is 11.3 Å². The number of nitrogens with one attached hydrogen (secondary N) is 1. The van der Waals surface area contributed by atoms with Gasteiger partial charge in [-0.15, -0.1) is 5.10 Å². The van der Waals surface area contributed by atoms with Gasteiger partial charge in [-0.05, 0) is 56.9 Å². The quantitative estimate of drug-likeness (QED) is 0.385. The summed E-state index contributed by atoms with van der Waals surface area (Å²) in [5.74, 6) is 1.73. The van der Waals surface area contributed by atoms with Crippen molar-refractivity contribution in [2.24, 2.45) is 0 Å². The number of unbranched alkanes of at least 4 members (excludes halogenated alkanes) is 1. The van der Waals surface area contributed by atoms with Crippen LogP contribution in [0.5, 0.6) is 0 Å². The van der Waals surface area contributed by atoms with E-state index in [0.717, 1.165) is 53.4 Å². The molecule has 0 saturated carbocycles. The fourth-order valence-electron chi connectivity index (χ4n) is 3.35. The number of allylic oxidation sites excluding steroid dienone is 1. The summed E-state index contributed by atoms with van der Waals surface area (Å²) in [6.07, 6.45) is 7.94. The van der Waals surface area contributed by atoms with Crippen molar-refractivity contribution in [1.29, 1.82) is 0 Å². The minimum Gasteiger partial charge on any atom is -0.324 e. The SMILES string of the molecule is CCCCc1ncc(/C=C(/Cc2ccsc2)c2nnn[nH]2)n1Cc1ccccc1Cl. The van der Waals surface area contributed by atoms with Crippen molar-refractivity contribution in [2.45, 2.75) is 39.2 Å². The lowest BCUT2D eigenvalue weighted by Crippen LogP contribution is -2.08. The predicted molar refractivity (Wildman–Crippen MR) is 121 cm³/mol. The van der Waals surface area contributed by atoms with Gasteiger partial charge in [-0.2, -0.15) is 11.3 Å². The zero-order valence-corrected chi connectivity index (χ0v) is 18.3. The zero-order valence-electron chi connectivity index (χ0n) is 16.8. The Balaban J connectivity index is 1.74. The molecule has 154 valence electrons. The van der Waals surface area contributed by atoms with E-state index in [4.69, 9.17) is 16.6 Å². The van der Waals surface area contributed by atoms with Crippen LogP contribution in [0.3, 0.4) is 0 Å². The first-order valence-electron chi connectivity index (χ1n) is 9.98. The summed E-state index contributed by atoms with van der Waals surface area (Å²) in [5.41, 5.74) is 4.33. The molecule has 0 bridgehead atoms. The van der Waals surface area contributed by atoms with Gasteiger partial charge < -0.3 is 4.57 Å². The second-order valence-corrected chi connectivity index (χ2v) is 8.30. The molecule has 0 saturated heterocycles. The van der Waals surface area contributed by atoms with Crippen LogP contribution in [0, 0.1) is 0 Å². The number of aryl methyl sites for hydroxylation is 1. The van der Waals surface area contributed by atoms with Crippen molar-refractivity contribution in [3.8, 4) is 0 Å². The van der Waals surface area contributed by atoms with E-state index in [1.807, 2.05) is 24.4 Å². The van der Waals surface area contributed by atoms with Crippen LogP contribution in [0.4, 0.5) is 0 Å². The average Bonchev–Trinajstić information content (AvgIpc) is 3.51. The van der Waals surface area contributed by atoms with Crippen molar-refractivity contribution >= 4 is 34.6 Å². The Bertz CT molecular complexity index is 1100. The van der Waals surface area contributed by atoms with Gasteiger partial charge in [0.05, 0.1) is 18.4 Å².